The number of carbonyl (C=O) groups excluding carboxylic acids is 1. The van der Waals surface area contributed by atoms with Crippen LogP contribution in [0.25, 0.3) is 34.0 Å². The molecule has 0 atom stereocenters. The molecule has 4 heterocycles. The monoisotopic (exact) mass is 443 g/mol. The van der Waals surface area contributed by atoms with Crippen LogP contribution in [-0.4, -0.2) is 42.2 Å². The van der Waals surface area contributed by atoms with Crippen LogP contribution in [0.4, 0.5) is 10.2 Å². The first kappa shape index (κ1) is 20.3. The minimum Gasteiger partial charge on any atom is -0.494 e. The number of imidazole rings is 1. The van der Waals surface area contributed by atoms with E-state index in [1.54, 1.807) is 41.5 Å². The second-order valence-corrected chi connectivity index (χ2v) is 7.25. The summed E-state index contributed by atoms with van der Waals surface area (Å²) in [6.45, 7) is 1.43. The topological polar surface area (TPSA) is 99.2 Å². The molecule has 0 aliphatic rings. The van der Waals surface area contributed by atoms with Crippen LogP contribution in [-0.2, 0) is 4.79 Å². The van der Waals surface area contributed by atoms with Crippen LogP contribution < -0.4 is 10.1 Å². The number of carbonyl (C=O) groups is 1. The van der Waals surface area contributed by atoms with Crippen molar-refractivity contribution >= 4 is 17.4 Å². The molecular formula is C23H18FN7O2. The number of nitrogens with zero attached hydrogens (tertiary/aromatic N) is 6. The number of halogens is 1. The Bertz CT molecular complexity index is 1470. The quantitative estimate of drug-likeness (QED) is 0.444. The second kappa shape index (κ2) is 8.15. The first-order valence-corrected chi connectivity index (χ1v) is 9.99. The van der Waals surface area contributed by atoms with Gasteiger partial charge in [0.15, 0.2) is 17.4 Å². The maximum Gasteiger partial charge on any atom is 0.222 e. The summed E-state index contributed by atoms with van der Waals surface area (Å²) in [4.78, 5) is 20.0. The minimum atomic E-state index is -0.446. The number of methoxy groups -OCH3 is 1. The molecule has 164 valence electrons. The predicted molar refractivity (Wildman–Crippen MR) is 120 cm³/mol. The average molecular weight is 443 g/mol. The van der Waals surface area contributed by atoms with E-state index in [0.29, 0.717) is 17.3 Å². The molecule has 1 N–H and O–H groups in total. The van der Waals surface area contributed by atoms with Crippen LogP contribution in [0.1, 0.15) is 6.92 Å². The zero-order chi connectivity index (χ0) is 22.9. The highest BCUT2D eigenvalue weighted by molar-refractivity contribution is 5.87. The van der Waals surface area contributed by atoms with E-state index in [2.05, 4.69) is 25.5 Å². The number of fused-ring (bicyclic) bond motifs is 1. The van der Waals surface area contributed by atoms with Crippen molar-refractivity contribution in [1.29, 1.82) is 0 Å². The van der Waals surface area contributed by atoms with Gasteiger partial charge in [0.25, 0.3) is 0 Å². The van der Waals surface area contributed by atoms with Crippen LogP contribution in [0.5, 0.6) is 5.75 Å². The standard InChI is InChI=1S/C23H18FN7O2/c1-14(32)28-21-7-3-15(10-25-21)19-11-26-22-8-4-16(12-30(19)22)23-29-27-13-31(23)17-5-6-18(24)20(9-17)33-2/h3-13H,1-2H3,(H,25,28,32). The summed E-state index contributed by atoms with van der Waals surface area (Å²) in [5.74, 6) is 0.554. The van der Waals surface area contributed by atoms with Crippen molar-refractivity contribution in [3.05, 3.63) is 73.2 Å². The Kier molecular flexibility index (Phi) is 5.02. The highest BCUT2D eigenvalue weighted by atomic mass is 19.1. The van der Waals surface area contributed by atoms with E-state index in [1.807, 2.05) is 28.8 Å². The zero-order valence-electron chi connectivity index (χ0n) is 17.7. The fraction of sp³-hybridized carbons (Fsp3) is 0.0870. The lowest BCUT2D eigenvalue weighted by molar-refractivity contribution is -0.114. The van der Waals surface area contributed by atoms with E-state index in [1.165, 1.54) is 20.1 Å². The minimum absolute atomic E-state index is 0.134. The van der Waals surface area contributed by atoms with Gasteiger partial charge in [0.2, 0.25) is 5.91 Å². The molecule has 0 aliphatic carbocycles. The van der Waals surface area contributed by atoms with Crippen molar-refractivity contribution in [1.82, 2.24) is 29.1 Å². The molecule has 10 heteroatoms. The van der Waals surface area contributed by atoms with E-state index >= 15 is 0 Å². The molecule has 0 spiro atoms. The van der Waals surface area contributed by atoms with Crippen molar-refractivity contribution < 1.29 is 13.9 Å². The second-order valence-electron chi connectivity index (χ2n) is 7.25. The Morgan fingerprint density at radius 1 is 1.06 bits per heavy atom. The van der Waals surface area contributed by atoms with E-state index in [-0.39, 0.29) is 11.7 Å². The van der Waals surface area contributed by atoms with Gasteiger partial charge in [-0.25, -0.2) is 14.4 Å². The molecule has 0 aliphatic heterocycles. The van der Waals surface area contributed by atoms with Crippen molar-refractivity contribution in [3.8, 4) is 34.1 Å². The predicted octanol–water partition coefficient (Wildman–Crippen LogP) is 3.75. The molecule has 4 aromatic heterocycles. The molecule has 1 amide bonds. The lowest BCUT2D eigenvalue weighted by atomic mass is 10.2. The molecule has 0 saturated heterocycles. The Labute approximate surface area is 187 Å². The summed E-state index contributed by atoms with van der Waals surface area (Å²) in [5, 5.41) is 11.0. The molecule has 1 aromatic carbocycles. The maximum atomic E-state index is 13.9. The van der Waals surface area contributed by atoms with Gasteiger partial charge in [-0.3, -0.25) is 13.8 Å². The molecule has 33 heavy (non-hydrogen) atoms. The van der Waals surface area contributed by atoms with Gasteiger partial charge in [-0.2, -0.15) is 0 Å². The molecule has 9 nitrogen and oxygen atoms in total. The summed E-state index contributed by atoms with van der Waals surface area (Å²) in [6.07, 6.45) is 6.89. The Morgan fingerprint density at radius 2 is 1.91 bits per heavy atom. The molecule has 0 fully saturated rings. The third-order valence-electron chi connectivity index (χ3n) is 5.09. The number of ether oxygens (including phenoxy) is 1. The number of nitrogens with one attached hydrogen (secondary N) is 1. The van der Waals surface area contributed by atoms with Gasteiger partial charge in [-0.1, -0.05) is 0 Å². The molecular weight excluding hydrogens is 425 g/mol. The number of pyridine rings is 2. The van der Waals surface area contributed by atoms with Crippen LogP contribution >= 0.6 is 0 Å². The number of rotatable bonds is 5. The van der Waals surface area contributed by atoms with E-state index < -0.39 is 5.82 Å². The summed E-state index contributed by atoms with van der Waals surface area (Å²) < 4.78 is 22.6. The lowest BCUT2D eigenvalue weighted by Crippen LogP contribution is -2.07. The summed E-state index contributed by atoms with van der Waals surface area (Å²) in [6, 6.07) is 11.9. The first-order chi connectivity index (χ1) is 16.0. The Balaban J connectivity index is 1.56. The van der Waals surface area contributed by atoms with Crippen LogP contribution in [0.3, 0.4) is 0 Å². The SMILES string of the molecule is COc1cc(-n2cnnc2-c2ccc3ncc(-c4ccc(NC(C)=O)nc4)n3c2)ccc1F. The third-order valence-corrected chi connectivity index (χ3v) is 5.09. The van der Waals surface area contributed by atoms with Crippen LogP contribution in [0.15, 0.2) is 67.4 Å². The number of hydrogen-bond acceptors (Lipinski definition) is 6. The van der Waals surface area contributed by atoms with Crippen molar-refractivity contribution in [3.63, 3.8) is 0 Å². The van der Waals surface area contributed by atoms with Gasteiger partial charge in [-0.05, 0) is 36.4 Å². The Hall–Kier alpha value is -4.60. The molecule has 0 unspecified atom stereocenters. The fourth-order valence-electron chi connectivity index (χ4n) is 3.55. The van der Waals surface area contributed by atoms with Crippen molar-refractivity contribution in [2.24, 2.45) is 0 Å². The molecule has 0 saturated carbocycles. The number of benzene rings is 1. The summed E-state index contributed by atoms with van der Waals surface area (Å²) in [7, 11) is 1.42. The van der Waals surface area contributed by atoms with E-state index in [4.69, 9.17) is 4.74 Å². The lowest BCUT2D eigenvalue weighted by Gasteiger charge is -2.10. The largest absolute Gasteiger partial charge is 0.494 e. The third kappa shape index (κ3) is 3.78. The van der Waals surface area contributed by atoms with Gasteiger partial charge in [-0.15, -0.1) is 10.2 Å². The Morgan fingerprint density at radius 3 is 2.67 bits per heavy atom. The summed E-state index contributed by atoms with van der Waals surface area (Å²) in [5.41, 5.74) is 3.85. The molecule has 5 rings (SSSR count). The van der Waals surface area contributed by atoms with Gasteiger partial charge in [0, 0.05) is 36.5 Å². The normalized spacial score (nSPS) is 11.0. The van der Waals surface area contributed by atoms with Crippen molar-refractivity contribution in [2.75, 3.05) is 12.4 Å². The van der Waals surface area contributed by atoms with Gasteiger partial charge in [0.05, 0.1) is 24.7 Å². The summed E-state index contributed by atoms with van der Waals surface area (Å²) >= 11 is 0. The average Bonchev–Trinajstić information content (AvgIpc) is 3.46. The fourth-order valence-corrected chi connectivity index (χ4v) is 3.55. The van der Waals surface area contributed by atoms with Gasteiger partial charge >= 0.3 is 0 Å². The molecule has 5 aromatic rings. The van der Waals surface area contributed by atoms with Crippen LogP contribution in [0.2, 0.25) is 0 Å². The highest BCUT2D eigenvalue weighted by Gasteiger charge is 2.14. The van der Waals surface area contributed by atoms with E-state index in [0.717, 1.165) is 22.5 Å². The molecule has 0 bridgehead atoms. The number of hydrogen-bond donors (Lipinski definition) is 1. The number of amides is 1. The van der Waals surface area contributed by atoms with Crippen LogP contribution in [0, 0.1) is 5.82 Å². The maximum absolute atomic E-state index is 13.9. The van der Waals surface area contributed by atoms with Gasteiger partial charge in [0.1, 0.15) is 17.8 Å². The molecule has 0 radical (unpaired) electrons. The first-order valence-electron chi connectivity index (χ1n) is 9.99. The van der Waals surface area contributed by atoms with Crippen molar-refractivity contribution in [2.45, 2.75) is 6.92 Å². The smallest absolute Gasteiger partial charge is 0.222 e. The zero-order valence-corrected chi connectivity index (χ0v) is 17.7. The highest BCUT2D eigenvalue weighted by Crippen LogP contribution is 2.27. The van der Waals surface area contributed by atoms with Gasteiger partial charge < -0.3 is 10.1 Å². The van der Waals surface area contributed by atoms with E-state index in [9.17, 15) is 9.18 Å². The number of anilines is 1. The number of aromatic nitrogens is 6.